The molecule has 2 aromatic rings. The fourth-order valence-electron chi connectivity index (χ4n) is 2.09. The van der Waals surface area contributed by atoms with Crippen molar-refractivity contribution >= 4 is 38.5 Å². The van der Waals surface area contributed by atoms with E-state index in [4.69, 9.17) is 10.5 Å². The number of aromatic nitrogens is 2. The number of hydrogen-bond donors (Lipinski definition) is 1. The van der Waals surface area contributed by atoms with Gasteiger partial charge in [-0.3, -0.25) is 4.68 Å². The SMILES string of the molecule is COCCn1ncc(Br)c1C(N)c1cccc(C)c1I. The average Bonchev–Trinajstić information content (AvgIpc) is 2.80. The van der Waals surface area contributed by atoms with Gasteiger partial charge in [0, 0.05) is 10.7 Å². The molecule has 2 N–H and O–H groups in total. The summed E-state index contributed by atoms with van der Waals surface area (Å²) >= 11 is 5.89. The molecule has 1 aromatic heterocycles. The third kappa shape index (κ3) is 3.24. The number of nitrogens with zero attached hydrogens (tertiary/aromatic N) is 2. The molecule has 0 amide bonds. The van der Waals surface area contributed by atoms with Crippen LogP contribution in [0, 0.1) is 10.5 Å². The molecule has 1 heterocycles. The van der Waals surface area contributed by atoms with Gasteiger partial charge in [-0.15, -0.1) is 0 Å². The molecule has 0 bridgehead atoms. The van der Waals surface area contributed by atoms with E-state index >= 15 is 0 Å². The van der Waals surface area contributed by atoms with Crippen LogP contribution in [0.4, 0.5) is 0 Å². The number of halogens is 2. The van der Waals surface area contributed by atoms with Crippen molar-refractivity contribution in [3.8, 4) is 0 Å². The molecule has 0 radical (unpaired) electrons. The van der Waals surface area contributed by atoms with Crippen LogP contribution in [0.15, 0.2) is 28.9 Å². The van der Waals surface area contributed by atoms with Gasteiger partial charge in [0.25, 0.3) is 0 Å². The monoisotopic (exact) mass is 449 g/mol. The Morgan fingerprint density at radius 2 is 2.25 bits per heavy atom. The second kappa shape index (κ2) is 7.02. The van der Waals surface area contributed by atoms with Gasteiger partial charge in [0.2, 0.25) is 0 Å². The Morgan fingerprint density at radius 1 is 1.50 bits per heavy atom. The quantitative estimate of drug-likeness (QED) is 0.713. The van der Waals surface area contributed by atoms with Crippen molar-refractivity contribution in [1.29, 1.82) is 0 Å². The van der Waals surface area contributed by atoms with Gasteiger partial charge in [0.1, 0.15) is 0 Å². The van der Waals surface area contributed by atoms with Gasteiger partial charge in [0.15, 0.2) is 0 Å². The number of benzene rings is 1. The summed E-state index contributed by atoms with van der Waals surface area (Å²) in [7, 11) is 1.68. The summed E-state index contributed by atoms with van der Waals surface area (Å²) in [4.78, 5) is 0. The molecule has 108 valence electrons. The molecule has 20 heavy (non-hydrogen) atoms. The number of nitrogens with two attached hydrogens (primary N) is 1. The first-order valence-electron chi connectivity index (χ1n) is 6.27. The fraction of sp³-hybridized carbons (Fsp3) is 0.357. The van der Waals surface area contributed by atoms with Crippen molar-refractivity contribution in [2.24, 2.45) is 5.73 Å². The highest BCUT2D eigenvalue weighted by atomic mass is 127. The number of methoxy groups -OCH3 is 1. The molecular formula is C14H17BrIN3O. The summed E-state index contributed by atoms with van der Waals surface area (Å²) in [5, 5.41) is 4.36. The first-order chi connectivity index (χ1) is 9.56. The van der Waals surface area contributed by atoms with Crippen molar-refractivity contribution in [3.63, 3.8) is 0 Å². The minimum absolute atomic E-state index is 0.212. The van der Waals surface area contributed by atoms with Gasteiger partial charge >= 0.3 is 0 Å². The van der Waals surface area contributed by atoms with Gasteiger partial charge < -0.3 is 10.5 Å². The van der Waals surface area contributed by atoms with Crippen LogP contribution in [0.3, 0.4) is 0 Å². The molecule has 4 nitrogen and oxygen atoms in total. The van der Waals surface area contributed by atoms with E-state index in [2.05, 4.69) is 62.7 Å². The zero-order valence-electron chi connectivity index (χ0n) is 11.4. The number of hydrogen-bond acceptors (Lipinski definition) is 3. The second-order valence-electron chi connectivity index (χ2n) is 4.55. The molecule has 0 aliphatic heterocycles. The van der Waals surface area contributed by atoms with E-state index in [1.807, 2.05) is 10.7 Å². The normalized spacial score (nSPS) is 12.7. The van der Waals surface area contributed by atoms with Crippen LogP contribution in [0.2, 0.25) is 0 Å². The van der Waals surface area contributed by atoms with Crippen LogP contribution in [0.25, 0.3) is 0 Å². The van der Waals surface area contributed by atoms with Crippen molar-refractivity contribution in [3.05, 3.63) is 49.3 Å². The largest absolute Gasteiger partial charge is 0.383 e. The van der Waals surface area contributed by atoms with E-state index in [0.717, 1.165) is 15.7 Å². The topological polar surface area (TPSA) is 53.1 Å². The lowest BCUT2D eigenvalue weighted by Gasteiger charge is -2.18. The molecule has 1 aromatic carbocycles. The lowest BCUT2D eigenvalue weighted by molar-refractivity contribution is 0.182. The molecule has 0 fully saturated rings. The summed E-state index contributed by atoms with van der Waals surface area (Å²) < 4.78 is 9.15. The Hall–Kier alpha value is -0.440. The molecule has 0 aliphatic rings. The Morgan fingerprint density at radius 3 is 2.95 bits per heavy atom. The van der Waals surface area contributed by atoms with Gasteiger partial charge in [-0.05, 0) is 56.6 Å². The van der Waals surface area contributed by atoms with Crippen molar-refractivity contribution < 1.29 is 4.74 Å². The Balaban J connectivity index is 2.40. The standard InChI is InChI=1S/C14H17BrIN3O/c1-9-4-3-5-10(12(9)16)13(17)14-11(15)8-18-19(14)6-7-20-2/h3-5,8,13H,6-7,17H2,1-2H3. The van der Waals surface area contributed by atoms with Crippen LogP contribution in [0.1, 0.15) is 22.9 Å². The van der Waals surface area contributed by atoms with Crippen LogP contribution in [0.5, 0.6) is 0 Å². The summed E-state index contributed by atoms with van der Waals surface area (Å²) in [6.45, 7) is 3.39. The third-order valence-corrected chi connectivity index (χ3v) is 5.28. The minimum atomic E-state index is -0.212. The Kier molecular flexibility index (Phi) is 5.59. The van der Waals surface area contributed by atoms with Gasteiger partial charge in [-0.2, -0.15) is 5.10 Å². The number of aryl methyl sites for hydroxylation is 1. The maximum atomic E-state index is 6.47. The van der Waals surface area contributed by atoms with Crippen molar-refractivity contribution in [1.82, 2.24) is 9.78 Å². The first-order valence-corrected chi connectivity index (χ1v) is 8.14. The second-order valence-corrected chi connectivity index (χ2v) is 6.48. The molecule has 0 saturated heterocycles. The highest BCUT2D eigenvalue weighted by Crippen LogP contribution is 2.30. The average molecular weight is 450 g/mol. The molecule has 1 atom stereocenters. The Labute approximate surface area is 141 Å². The molecule has 1 unspecified atom stereocenters. The van der Waals surface area contributed by atoms with E-state index < -0.39 is 0 Å². The smallest absolute Gasteiger partial charge is 0.0745 e. The molecule has 0 saturated carbocycles. The van der Waals surface area contributed by atoms with Crippen LogP contribution in [-0.2, 0) is 11.3 Å². The van der Waals surface area contributed by atoms with Gasteiger partial charge in [0.05, 0.1) is 35.6 Å². The molecule has 6 heteroatoms. The highest BCUT2D eigenvalue weighted by molar-refractivity contribution is 14.1. The maximum absolute atomic E-state index is 6.47. The number of ether oxygens (including phenoxy) is 1. The first kappa shape index (κ1) is 15.9. The summed E-state index contributed by atoms with van der Waals surface area (Å²) in [5.41, 5.74) is 9.79. The molecule has 2 rings (SSSR count). The van der Waals surface area contributed by atoms with Gasteiger partial charge in [-0.1, -0.05) is 18.2 Å². The van der Waals surface area contributed by atoms with Crippen LogP contribution < -0.4 is 5.73 Å². The summed E-state index contributed by atoms with van der Waals surface area (Å²) in [6, 6.07) is 5.99. The van der Waals surface area contributed by atoms with E-state index in [-0.39, 0.29) is 6.04 Å². The highest BCUT2D eigenvalue weighted by Gasteiger charge is 2.20. The molecule has 0 aliphatic carbocycles. The fourth-order valence-corrected chi connectivity index (χ4v) is 3.33. The zero-order chi connectivity index (χ0) is 14.7. The maximum Gasteiger partial charge on any atom is 0.0745 e. The van der Waals surface area contributed by atoms with E-state index in [1.165, 1.54) is 9.13 Å². The lowest BCUT2D eigenvalue weighted by Crippen LogP contribution is -2.20. The van der Waals surface area contributed by atoms with Gasteiger partial charge in [-0.25, -0.2) is 0 Å². The number of rotatable bonds is 5. The lowest BCUT2D eigenvalue weighted by atomic mass is 10.0. The predicted octanol–water partition coefficient (Wildman–Crippen LogP) is 3.25. The van der Waals surface area contributed by atoms with Crippen molar-refractivity contribution in [2.75, 3.05) is 13.7 Å². The van der Waals surface area contributed by atoms with Crippen LogP contribution in [-0.4, -0.2) is 23.5 Å². The predicted molar refractivity (Wildman–Crippen MR) is 91.7 cm³/mol. The van der Waals surface area contributed by atoms with E-state index in [9.17, 15) is 0 Å². The van der Waals surface area contributed by atoms with E-state index in [0.29, 0.717) is 13.2 Å². The summed E-state index contributed by atoms with van der Waals surface area (Å²) in [5.74, 6) is 0. The van der Waals surface area contributed by atoms with Crippen LogP contribution >= 0.6 is 38.5 Å². The minimum Gasteiger partial charge on any atom is -0.383 e. The molecule has 0 spiro atoms. The van der Waals surface area contributed by atoms with E-state index in [1.54, 1.807) is 13.3 Å². The molecular weight excluding hydrogens is 433 g/mol. The zero-order valence-corrected chi connectivity index (χ0v) is 15.2. The Bertz CT molecular complexity index is 600. The van der Waals surface area contributed by atoms with Crippen molar-refractivity contribution in [2.45, 2.75) is 19.5 Å². The third-order valence-electron chi connectivity index (χ3n) is 3.19. The summed E-state index contributed by atoms with van der Waals surface area (Å²) in [6.07, 6.45) is 1.79.